The maximum Gasteiger partial charge on any atom is 0.0881 e. The Bertz CT molecular complexity index is 186. The van der Waals surface area contributed by atoms with E-state index in [1.54, 1.807) is 0 Å². The van der Waals surface area contributed by atoms with Crippen LogP contribution >= 0.6 is 0 Å². The third-order valence-electron chi connectivity index (χ3n) is 4.46. The third kappa shape index (κ3) is 13.2. The van der Waals surface area contributed by atoms with E-state index in [1.165, 1.54) is 77.0 Å². The highest BCUT2D eigenvalue weighted by Gasteiger charge is 2.20. The highest BCUT2D eigenvalue weighted by atomic mass is 35.5. The van der Waals surface area contributed by atoms with Gasteiger partial charge in [-0.25, -0.2) is 0 Å². The molecule has 0 radical (unpaired) electrons. The lowest BCUT2D eigenvalue weighted by Gasteiger charge is -2.33. The smallest absolute Gasteiger partial charge is 0.0881 e. The van der Waals surface area contributed by atoms with Crippen LogP contribution in [0.3, 0.4) is 0 Å². The van der Waals surface area contributed by atoms with E-state index in [0.717, 1.165) is 10.5 Å². The average Bonchev–Trinajstić information content (AvgIpc) is 2.34. The summed E-state index contributed by atoms with van der Waals surface area (Å²) in [6, 6.07) is 0.856. The molecule has 0 bridgehead atoms. The van der Waals surface area contributed by atoms with Crippen LogP contribution in [-0.4, -0.2) is 31.7 Å². The largest absolute Gasteiger partial charge is 1.00 e. The lowest BCUT2D eigenvalue weighted by atomic mass is 10.0. The summed E-state index contributed by atoms with van der Waals surface area (Å²) in [5.41, 5.74) is 0. The molecule has 0 aromatic heterocycles. The van der Waals surface area contributed by atoms with Gasteiger partial charge >= 0.3 is 0 Å². The molecule has 0 spiro atoms. The van der Waals surface area contributed by atoms with Crippen LogP contribution in [0.1, 0.15) is 90.9 Å². The fourth-order valence-electron chi connectivity index (χ4n) is 3.01. The predicted octanol–water partition coefficient (Wildman–Crippen LogP) is 2.79. The van der Waals surface area contributed by atoms with Crippen molar-refractivity contribution in [3.05, 3.63) is 0 Å². The molecular formula is C18H40ClN. The Labute approximate surface area is 135 Å². The Balaban J connectivity index is 0. The molecule has 1 unspecified atom stereocenters. The molecular weight excluding hydrogens is 266 g/mol. The minimum atomic E-state index is 0. The first-order chi connectivity index (χ1) is 9.02. The van der Waals surface area contributed by atoms with E-state index >= 15 is 0 Å². The molecule has 1 nitrogen and oxygen atoms in total. The SMILES string of the molecule is CCCCCCCCCCCCC(CC)[N+](C)(C)C.[Cl-]. The number of hydrogen-bond acceptors (Lipinski definition) is 0. The summed E-state index contributed by atoms with van der Waals surface area (Å²) in [5, 5.41) is 0. The molecule has 0 aromatic carbocycles. The van der Waals surface area contributed by atoms with Crippen molar-refractivity contribution in [1.29, 1.82) is 0 Å². The van der Waals surface area contributed by atoms with Crippen LogP contribution in [0.25, 0.3) is 0 Å². The maximum absolute atomic E-state index is 2.34. The van der Waals surface area contributed by atoms with Crippen LogP contribution in [0.15, 0.2) is 0 Å². The molecule has 0 saturated heterocycles. The molecule has 124 valence electrons. The zero-order valence-electron chi connectivity index (χ0n) is 14.9. The second-order valence-corrected chi connectivity index (χ2v) is 7.15. The Hall–Kier alpha value is 0.250. The molecule has 0 aliphatic heterocycles. The number of hydrogen-bond donors (Lipinski definition) is 0. The van der Waals surface area contributed by atoms with E-state index in [4.69, 9.17) is 0 Å². The van der Waals surface area contributed by atoms with Crippen molar-refractivity contribution in [1.82, 2.24) is 0 Å². The zero-order valence-corrected chi connectivity index (χ0v) is 15.6. The quantitative estimate of drug-likeness (QED) is 0.363. The molecule has 0 N–H and O–H groups in total. The van der Waals surface area contributed by atoms with Crippen molar-refractivity contribution in [3.8, 4) is 0 Å². The van der Waals surface area contributed by atoms with Gasteiger partial charge < -0.3 is 16.9 Å². The fraction of sp³-hybridized carbons (Fsp3) is 1.00. The Morgan fingerprint density at radius 2 is 1.05 bits per heavy atom. The molecule has 0 aliphatic carbocycles. The van der Waals surface area contributed by atoms with Gasteiger partial charge in [0, 0.05) is 0 Å². The normalized spacial score (nSPS) is 13.1. The first-order valence-electron chi connectivity index (χ1n) is 8.83. The Morgan fingerprint density at radius 3 is 1.40 bits per heavy atom. The van der Waals surface area contributed by atoms with Crippen molar-refractivity contribution in [2.75, 3.05) is 21.1 Å². The standard InChI is InChI=1S/C18H40N.ClH/c1-6-8-9-10-11-12-13-14-15-16-17-18(7-2)19(3,4)5;/h18H,6-17H2,1-5H3;1H/q+1;/p-1. The second kappa shape index (κ2) is 14.2. The Morgan fingerprint density at radius 1 is 0.650 bits per heavy atom. The first kappa shape index (κ1) is 22.5. The summed E-state index contributed by atoms with van der Waals surface area (Å²) in [6.45, 7) is 4.63. The summed E-state index contributed by atoms with van der Waals surface area (Å²) in [6.07, 6.45) is 17.2. The molecule has 0 rings (SSSR count). The lowest BCUT2D eigenvalue weighted by molar-refractivity contribution is -0.896. The number of nitrogens with zero attached hydrogens (tertiary/aromatic N) is 1. The summed E-state index contributed by atoms with van der Waals surface area (Å²) in [5.74, 6) is 0. The van der Waals surface area contributed by atoms with Crippen LogP contribution < -0.4 is 12.4 Å². The summed E-state index contributed by atoms with van der Waals surface area (Å²) in [7, 11) is 7.01. The van der Waals surface area contributed by atoms with E-state index in [1.807, 2.05) is 0 Å². The van der Waals surface area contributed by atoms with Crippen LogP contribution in [0, 0.1) is 0 Å². The van der Waals surface area contributed by atoms with Gasteiger partial charge in [-0.05, 0) is 19.3 Å². The molecule has 0 fully saturated rings. The molecule has 0 saturated carbocycles. The highest BCUT2D eigenvalue weighted by Crippen LogP contribution is 2.17. The zero-order chi connectivity index (χ0) is 14.6. The van der Waals surface area contributed by atoms with E-state index in [0.29, 0.717) is 0 Å². The molecule has 0 aromatic rings. The van der Waals surface area contributed by atoms with Gasteiger partial charge in [0.05, 0.1) is 27.2 Å². The number of rotatable bonds is 13. The van der Waals surface area contributed by atoms with Crippen LogP contribution in [0.5, 0.6) is 0 Å². The van der Waals surface area contributed by atoms with Crippen molar-refractivity contribution >= 4 is 0 Å². The van der Waals surface area contributed by atoms with Crippen molar-refractivity contribution < 1.29 is 16.9 Å². The highest BCUT2D eigenvalue weighted by molar-refractivity contribution is 4.56. The summed E-state index contributed by atoms with van der Waals surface area (Å²) in [4.78, 5) is 0. The number of unbranched alkanes of at least 4 members (excludes halogenated alkanes) is 9. The topological polar surface area (TPSA) is 0 Å². The summed E-state index contributed by atoms with van der Waals surface area (Å²) < 4.78 is 1.13. The molecule has 2 heteroatoms. The van der Waals surface area contributed by atoms with Crippen LogP contribution in [0.4, 0.5) is 0 Å². The van der Waals surface area contributed by atoms with E-state index in [-0.39, 0.29) is 12.4 Å². The third-order valence-corrected chi connectivity index (χ3v) is 4.46. The molecule has 20 heavy (non-hydrogen) atoms. The van der Waals surface area contributed by atoms with Gasteiger partial charge in [-0.3, -0.25) is 0 Å². The monoisotopic (exact) mass is 305 g/mol. The van der Waals surface area contributed by atoms with Gasteiger partial charge in [0.2, 0.25) is 0 Å². The van der Waals surface area contributed by atoms with Crippen LogP contribution in [-0.2, 0) is 0 Å². The van der Waals surface area contributed by atoms with Crippen molar-refractivity contribution in [3.63, 3.8) is 0 Å². The lowest BCUT2D eigenvalue weighted by Crippen LogP contribution is -3.00. The van der Waals surface area contributed by atoms with Gasteiger partial charge in [0.1, 0.15) is 0 Å². The molecule has 1 atom stereocenters. The van der Waals surface area contributed by atoms with Gasteiger partial charge in [-0.2, -0.15) is 0 Å². The average molecular weight is 306 g/mol. The molecule has 0 amide bonds. The Kier molecular flexibility index (Phi) is 16.0. The first-order valence-corrected chi connectivity index (χ1v) is 8.83. The number of halogens is 1. The number of quaternary nitrogens is 1. The van der Waals surface area contributed by atoms with E-state index < -0.39 is 0 Å². The van der Waals surface area contributed by atoms with E-state index in [2.05, 4.69) is 35.0 Å². The fourth-order valence-corrected chi connectivity index (χ4v) is 3.01. The van der Waals surface area contributed by atoms with Gasteiger partial charge in [-0.15, -0.1) is 0 Å². The molecule has 0 aliphatic rings. The van der Waals surface area contributed by atoms with Gasteiger partial charge in [0.15, 0.2) is 0 Å². The minimum Gasteiger partial charge on any atom is -1.00 e. The van der Waals surface area contributed by atoms with Crippen LogP contribution in [0.2, 0.25) is 0 Å². The maximum atomic E-state index is 2.34. The van der Waals surface area contributed by atoms with Crippen molar-refractivity contribution in [2.24, 2.45) is 0 Å². The molecule has 0 heterocycles. The van der Waals surface area contributed by atoms with Crippen molar-refractivity contribution in [2.45, 2.75) is 96.9 Å². The minimum absolute atomic E-state index is 0. The summed E-state index contributed by atoms with van der Waals surface area (Å²) >= 11 is 0. The van der Waals surface area contributed by atoms with E-state index in [9.17, 15) is 0 Å². The van der Waals surface area contributed by atoms with Gasteiger partial charge in [0.25, 0.3) is 0 Å². The van der Waals surface area contributed by atoms with Gasteiger partial charge in [-0.1, -0.05) is 71.6 Å². The predicted molar refractivity (Wildman–Crippen MR) is 88.6 cm³/mol. The second-order valence-electron chi connectivity index (χ2n) is 7.15.